The maximum absolute atomic E-state index is 9.81. The van der Waals surface area contributed by atoms with E-state index in [0.717, 1.165) is 0 Å². The van der Waals surface area contributed by atoms with E-state index in [0.29, 0.717) is 0 Å². The molecule has 0 saturated carbocycles. The SMILES string of the molecule is [F][Al]([F])[F].[F][Al]([F])[F].[NaH]. The van der Waals surface area contributed by atoms with Gasteiger partial charge in [-0.1, -0.05) is 0 Å². The van der Waals surface area contributed by atoms with Crippen LogP contribution in [0.5, 0.6) is 0 Å². The molecule has 0 aromatic rings. The van der Waals surface area contributed by atoms with Gasteiger partial charge in [0.05, 0.1) is 0 Å². The van der Waals surface area contributed by atoms with Gasteiger partial charge in [-0.2, -0.15) is 0 Å². The Morgan fingerprint density at radius 2 is 0.556 bits per heavy atom. The summed E-state index contributed by atoms with van der Waals surface area (Å²) in [5.41, 5.74) is 0. The van der Waals surface area contributed by atoms with Crippen LogP contribution in [-0.2, 0) is 0 Å². The first-order chi connectivity index (χ1) is 3.46. The molecular weight excluding hydrogens is 191 g/mol. The molecule has 0 aromatic heterocycles. The number of hydrogen-bond acceptors (Lipinski definition) is 0. The third kappa shape index (κ3) is 208. The van der Waals surface area contributed by atoms with Crippen molar-refractivity contribution in [2.24, 2.45) is 0 Å². The van der Waals surface area contributed by atoms with Gasteiger partial charge in [-0.15, -0.1) is 0 Å². The Morgan fingerprint density at radius 3 is 0.556 bits per heavy atom. The van der Waals surface area contributed by atoms with E-state index in [2.05, 4.69) is 0 Å². The molecule has 9 heavy (non-hydrogen) atoms. The molecule has 0 saturated heterocycles. The Hall–Kier alpha value is 1.64. The van der Waals surface area contributed by atoms with Gasteiger partial charge in [0.1, 0.15) is 0 Å². The van der Waals surface area contributed by atoms with E-state index in [1.165, 1.54) is 0 Å². The monoisotopic (exact) mass is 192 g/mol. The van der Waals surface area contributed by atoms with Crippen LogP contribution in [0.4, 0.5) is 21.1 Å². The first-order valence-electron chi connectivity index (χ1n) is 1.31. The molecule has 50 valence electrons. The summed E-state index contributed by atoms with van der Waals surface area (Å²) >= 11 is -9.28. The van der Waals surface area contributed by atoms with Gasteiger partial charge < -0.3 is 21.1 Å². The fraction of sp³-hybridized carbons (Fsp3) is 0. The normalized spacial score (nSPS) is 6.00. The molecule has 9 heteroatoms. The van der Waals surface area contributed by atoms with Gasteiger partial charge in [-0.05, 0) is 0 Å². The van der Waals surface area contributed by atoms with Crippen LogP contribution in [0.3, 0.4) is 0 Å². The summed E-state index contributed by atoms with van der Waals surface area (Å²) in [7, 11) is 0. The van der Waals surface area contributed by atoms with Crippen molar-refractivity contribution in [1.29, 1.82) is 0 Å². The number of halogens is 6. The molecule has 0 fully saturated rings. The van der Waals surface area contributed by atoms with E-state index in [1.54, 1.807) is 0 Å². The van der Waals surface area contributed by atoms with Gasteiger partial charge in [0.2, 0.25) is 0 Å². The maximum atomic E-state index is 9.81. The zero-order valence-electron chi connectivity index (χ0n) is 3.42. The summed E-state index contributed by atoms with van der Waals surface area (Å²) in [6.07, 6.45) is 0. The Kier molecular flexibility index (Phi) is 23.2. The summed E-state index contributed by atoms with van der Waals surface area (Å²) in [5, 5.41) is 0. The third-order valence-electron chi connectivity index (χ3n) is 0. The van der Waals surface area contributed by atoms with Crippen LogP contribution >= 0.6 is 0 Å². The Labute approximate surface area is 81.2 Å². The summed E-state index contributed by atoms with van der Waals surface area (Å²) in [5.74, 6) is 0. The summed E-state index contributed by atoms with van der Waals surface area (Å²) < 4.78 is 58.8. The van der Waals surface area contributed by atoms with Gasteiger partial charge in [0.25, 0.3) is 0 Å². The molecule has 0 atom stereocenters. The van der Waals surface area contributed by atoms with Gasteiger partial charge in [-0.3, -0.25) is 0 Å². The second-order valence-corrected chi connectivity index (χ2v) is 1.48. The van der Waals surface area contributed by atoms with Crippen molar-refractivity contribution >= 4 is 60.6 Å². The Balaban J connectivity index is -0.0000000720. The standard InChI is InChI=1S/2Al.6FH.Na.H/h;;6*1H;;/q2*+3;;;;;;;;/p-6. The van der Waals surface area contributed by atoms with Crippen molar-refractivity contribution in [3.05, 3.63) is 0 Å². The van der Waals surface area contributed by atoms with Gasteiger partial charge >= 0.3 is 60.6 Å². The van der Waals surface area contributed by atoms with Crippen molar-refractivity contribution in [2.45, 2.75) is 0 Å². The van der Waals surface area contributed by atoms with E-state index >= 15 is 0 Å². The van der Waals surface area contributed by atoms with Crippen molar-refractivity contribution in [3.63, 3.8) is 0 Å². The van der Waals surface area contributed by atoms with Crippen LogP contribution in [-0.4, -0.2) is 60.6 Å². The van der Waals surface area contributed by atoms with Gasteiger partial charge in [-0.25, -0.2) is 0 Å². The van der Waals surface area contributed by atoms with Crippen LogP contribution in [0.1, 0.15) is 0 Å². The van der Waals surface area contributed by atoms with E-state index in [-0.39, 0.29) is 29.6 Å². The average Bonchev–Trinajstić information content (AvgIpc) is 1.25. The summed E-state index contributed by atoms with van der Waals surface area (Å²) in [6.45, 7) is 0. The van der Waals surface area contributed by atoms with Gasteiger partial charge in [0, 0.05) is 0 Å². The predicted octanol–water partition coefficient (Wildman–Crippen LogP) is 1.11. The first kappa shape index (κ1) is 16.9. The molecule has 0 N–H and O–H groups in total. The van der Waals surface area contributed by atoms with Gasteiger partial charge in [0.15, 0.2) is 0 Å². The van der Waals surface area contributed by atoms with Crippen LogP contribution in [0.15, 0.2) is 0 Å². The van der Waals surface area contributed by atoms with Crippen LogP contribution in [0.25, 0.3) is 0 Å². The molecule has 0 aliphatic rings. The predicted molar refractivity (Wildman–Crippen MR) is 25.3 cm³/mol. The van der Waals surface area contributed by atoms with Crippen LogP contribution < -0.4 is 0 Å². The number of rotatable bonds is 0. The molecule has 0 amide bonds. The molecule has 0 heterocycles. The van der Waals surface area contributed by atoms with Crippen molar-refractivity contribution in [3.8, 4) is 0 Å². The summed E-state index contributed by atoms with van der Waals surface area (Å²) in [6, 6.07) is 0. The molecular formula is HAl2F6Na. The molecule has 0 aliphatic heterocycles. The third-order valence-corrected chi connectivity index (χ3v) is 0. The zero-order chi connectivity index (χ0) is 7.15. The minimum atomic E-state index is -4.64. The van der Waals surface area contributed by atoms with Crippen LogP contribution in [0.2, 0.25) is 0 Å². The molecule has 0 bridgehead atoms. The van der Waals surface area contributed by atoms with Crippen molar-refractivity contribution in [1.82, 2.24) is 0 Å². The second-order valence-electron chi connectivity index (χ2n) is 0.495. The molecule has 0 spiro atoms. The van der Waals surface area contributed by atoms with Crippen LogP contribution in [0, 0.1) is 0 Å². The minimum absolute atomic E-state index is 0. The zero-order valence-corrected chi connectivity index (χ0v) is 5.73. The van der Waals surface area contributed by atoms with E-state index in [4.69, 9.17) is 0 Å². The first-order valence-corrected chi connectivity index (χ1v) is 3.93. The van der Waals surface area contributed by atoms with Crippen molar-refractivity contribution < 1.29 is 21.1 Å². The summed E-state index contributed by atoms with van der Waals surface area (Å²) in [4.78, 5) is 0. The Morgan fingerprint density at radius 1 is 0.556 bits per heavy atom. The quantitative estimate of drug-likeness (QED) is 0.398. The molecule has 0 aromatic carbocycles. The molecule has 0 rings (SSSR count). The molecule has 0 radical (unpaired) electrons. The molecule has 0 aliphatic carbocycles. The van der Waals surface area contributed by atoms with E-state index in [1.807, 2.05) is 0 Å². The fourth-order valence-corrected chi connectivity index (χ4v) is 0. The van der Waals surface area contributed by atoms with Crippen molar-refractivity contribution in [2.75, 3.05) is 0 Å². The molecule has 0 unspecified atom stereocenters. The number of hydrogen-bond donors (Lipinski definition) is 0. The molecule has 0 nitrogen and oxygen atoms in total. The Bertz CT molecular complexity index is 26.5. The second kappa shape index (κ2) is 12.3. The van der Waals surface area contributed by atoms with E-state index in [9.17, 15) is 21.1 Å². The average molecular weight is 192 g/mol. The topological polar surface area (TPSA) is 0 Å². The van der Waals surface area contributed by atoms with E-state index < -0.39 is 31.1 Å². The fourth-order valence-electron chi connectivity index (χ4n) is 0.